The van der Waals surface area contributed by atoms with Gasteiger partial charge in [-0.2, -0.15) is 52.7 Å². The summed E-state index contributed by atoms with van der Waals surface area (Å²) in [6.45, 7) is 7.00. The first-order valence-corrected chi connectivity index (χ1v) is 27.6. The van der Waals surface area contributed by atoms with Crippen LogP contribution >= 0.6 is 0 Å². The highest BCUT2D eigenvalue weighted by Gasteiger charge is 2.38. The van der Waals surface area contributed by atoms with Crippen LogP contribution in [0.2, 0.25) is 0 Å². The summed E-state index contributed by atoms with van der Waals surface area (Å²) in [6, 6.07) is 61.6. The molecule has 0 amide bonds. The molecule has 0 radical (unpaired) electrons. The number of nitrogens with zero attached hydrogens (tertiary/aromatic N) is 1. The van der Waals surface area contributed by atoms with E-state index < -0.39 is 52.5 Å². The molecule has 13 heteroatoms. The molecule has 0 aliphatic rings. The molecule has 0 atom stereocenters. The second-order valence-corrected chi connectivity index (χ2v) is 22.2. The third kappa shape index (κ3) is 11.7. The van der Waals surface area contributed by atoms with Crippen LogP contribution in [-0.4, -0.2) is 4.57 Å². The Labute approximate surface area is 493 Å². The molecule has 0 unspecified atom stereocenters. The van der Waals surface area contributed by atoms with E-state index in [1.54, 1.807) is 25.1 Å². The summed E-state index contributed by atoms with van der Waals surface area (Å²) in [4.78, 5) is 0. The lowest BCUT2D eigenvalue weighted by Gasteiger charge is -2.17. The quantitative estimate of drug-likeness (QED) is 0.127. The number of benzene rings is 11. The summed E-state index contributed by atoms with van der Waals surface area (Å²) in [6.07, 6.45) is -19.8. The van der Waals surface area contributed by atoms with Crippen LogP contribution in [0.5, 0.6) is 0 Å². The summed E-state index contributed by atoms with van der Waals surface area (Å²) < 4.78 is 176. The van der Waals surface area contributed by atoms with Crippen LogP contribution in [-0.2, 0) is 24.7 Å². The van der Waals surface area contributed by atoms with Crippen LogP contribution in [0.25, 0.3) is 117 Å². The van der Waals surface area contributed by atoms with Gasteiger partial charge in [-0.1, -0.05) is 126 Å². The average Bonchev–Trinajstić information content (AvgIpc) is 1.88. The third-order valence-corrected chi connectivity index (χ3v) is 15.7. The van der Waals surface area contributed by atoms with E-state index in [2.05, 4.69) is 4.57 Å². The molecule has 0 fully saturated rings. The standard InChI is InChI=1S/C74H49F12N/c1-42-22-43(2)24-49(23-42)54-29-52(30-55(33-54)50-25-44(3)27-59(35-50)71(75,76)77)47-18-20-69-66(39-47)67-40-48(19-21-70(67)87(69)68-17-11-10-16-65(68)64-15-9-8-14-63(64)46-12-6-5-7-13-46)53-31-56(51-26-45(4)28-60(36-51)72(78,79)80)34-57(32-53)58-37-61(73(81,82)83)41-62(38-58)74(84,85)86/h5-41H,1-4H3. The van der Waals surface area contributed by atoms with E-state index in [1.807, 2.05) is 159 Å². The molecule has 1 aromatic heterocycles. The fraction of sp³-hybridized carbons (Fsp3) is 0.108. The van der Waals surface area contributed by atoms with Gasteiger partial charge in [0.25, 0.3) is 0 Å². The molecule has 87 heavy (non-hydrogen) atoms. The molecule has 0 aliphatic heterocycles. The molecule has 0 N–H and O–H groups in total. The van der Waals surface area contributed by atoms with Gasteiger partial charge < -0.3 is 4.57 Å². The Kier molecular flexibility index (Phi) is 14.4. The monoisotopic (exact) mass is 1180 g/mol. The van der Waals surface area contributed by atoms with E-state index >= 15 is 0 Å². The van der Waals surface area contributed by atoms with Gasteiger partial charge in [0, 0.05) is 16.3 Å². The van der Waals surface area contributed by atoms with E-state index in [9.17, 15) is 52.7 Å². The first-order valence-electron chi connectivity index (χ1n) is 27.6. The molecule has 0 spiro atoms. The van der Waals surface area contributed by atoms with Gasteiger partial charge in [0.1, 0.15) is 0 Å². The normalized spacial score (nSPS) is 12.4. The summed E-state index contributed by atoms with van der Waals surface area (Å²) in [5.41, 5.74) is 7.54. The van der Waals surface area contributed by atoms with Crippen molar-refractivity contribution in [1.29, 1.82) is 0 Å². The van der Waals surface area contributed by atoms with Gasteiger partial charge in [0.15, 0.2) is 0 Å². The maximum Gasteiger partial charge on any atom is 0.416 e. The highest BCUT2D eigenvalue weighted by atomic mass is 19.4. The summed E-state index contributed by atoms with van der Waals surface area (Å²) in [7, 11) is 0. The van der Waals surface area contributed by atoms with Crippen molar-refractivity contribution < 1.29 is 52.7 Å². The first-order chi connectivity index (χ1) is 41.2. The molecule has 0 bridgehead atoms. The van der Waals surface area contributed by atoms with Crippen LogP contribution in [0.15, 0.2) is 224 Å². The topological polar surface area (TPSA) is 4.93 Å². The predicted molar refractivity (Wildman–Crippen MR) is 323 cm³/mol. The number of hydrogen-bond donors (Lipinski definition) is 0. The molecule has 1 heterocycles. The fourth-order valence-corrected chi connectivity index (χ4v) is 11.9. The number of aromatic nitrogens is 1. The molecule has 12 rings (SSSR count). The molecule has 0 saturated carbocycles. The molecule has 12 aromatic rings. The van der Waals surface area contributed by atoms with E-state index in [-0.39, 0.29) is 33.9 Å². The summed E-state index contributed by atoms with van der Waals surface area (Å²) in [5, 5.41) is 1.32. The number of hydrogen-bond acceptors (Lipinski definition) is 0. The Hall–Kier alpha value is -9.62. The zero-order valence-corrected chi connectivity index (χ0v) is 46.8. The second kappa shape index (κ2) is 21.7. The van der Waals surface area contributed by atoms with Crippen molar-refractivity contribution in [3.63, 3.8) is 0 Å². The smallest absolute Gasteiger partial charge is 0.309 e. The minimum atomic E-state index is -5.20. The largest absolute Gasteiger partial charge is 0.416 e. The van der Waals surface area contributed by atoms with Gasteiger partial charge in [-0.15, -0.1) is 0 Å². The van der Waals surface area contributed by atoms with Crippen LogP contribution < -0.4 is 0 Å². The number of halogens is 12. The van der Waals surface area contributed by atoms with Gasteiger partial charge in [-0.3, -0.25) is 0 Å². The number of alkyl halides is 12. The van der Waals surface area contributed by atoms with E-state index in [1.165, 1.54) is 25.1 Å². The SMILES string of the molecule is Cc1cc(C)cc(-c2cc(-c3cc(C)cc(C(F)(F)F)c3)cc(-c3ccc4c(c3)c3cc(-c5cc(-c6cc(C)cc(C(F)(F)F)c6)cc(-c6cc(C(F)(F)F)cc(C(F)(F)F)c6)c5)ccc3n4-c3ccccc3-c3ccccc3-c3ccccc3)c2)c1. The Morgan fingerprint density at radius 2 is 0.540 bits per heavy atom. The van der Waals surface area contributed by atoms with Gasteiger partial charge in [-0.25, -0.2) is 0 Å². The van der Waals surface area contributed by atoms with Crippen molar-refractivity contribution >= 4 is 21.8 Å². The van der Waals surface area contributed by atoms with Crippen LogP contribution in [0.3, 0.4) is 0 Å². The highest BCUT2D eigenvalue weighted by molar-refractivity contribution is 6.12. The van der Waals surface area contributed by atoms with Crippen molar-refractivity contribution in [2.45, 2.75) is 52.4 Å². The van der Waals surface area contributed by atoms with Crippen LogP contribution in [0, 0.1) is 27.7 Å². The van der Waals surface area contributed by atoms with Crippen molar-refractivity contribution in [2.24, 2.45) is 0 Å². The minimum Gasteiger partial charge on any atom is -0.309 e. The van der Waals surface area contributed by atoms with E-state index in [0.29, 0.717) is 67.3 Å². The van der Waals surface area contributed by atoms with Crippen molar-refractivity contribution in [2.75, 3.05) is 0 Å². The number of aryl methyl sites for hydroxylation is 4. The molecular weight excluding hydrogens is 1130 g/mol. The highest BCUT2D eigenvalue weighted by Crippen LogP contribution is 2.46. The molecule has 0 saturated heterocycles. The second-order valence-electron chi connectivity index (χ2n) is 22.2. The van der Waals surface area contributed by atoms with Gasteiger partial charge >= 0.3 is 24.7 Å². The Bertz CT molecular complexity index is 4620. The van der Waals surface area contributed by atoms with Gasteiger partial charge in [-0.05, 0) is 231 Å². The molecule has 1 nitrogen and oxygen atoms in total. The summed E-state index contributed by atoms with van der Waals surface area (Å²) >= 11 is 0. The van der Waals surface area contributed by atoms with Crippen molar-refractivity contribution in [1.82, 2.24) is 4.57 Å². The predicted octanol–water partition coefficient (Wildman–Crippen LogP) is 23.4. The first kappa shape index (κ1) is 57.8. The van der Waals surface area contributed by atoms with Crippen molar-refractivity contribution in [3.8, 4) is 94.7 Å². The van der Waals surface area contributed by atoms with Gasteiger partial charge in [0.2, 0.25) is 0 Å². The van der Waals surface area contributed by atoms with Crippen LogP contribution in [0.1, 0.15) is 44.5 Å². The van der Waals surface area contributed by atoms with Crippen LogP contribution in [0.4, 0.5) is 52.7 Å². The summed E-state index contributed by atoms with van der Waals surface area (Å²) in [5.74, 6) is 0. The lowest BCUT2D eigenvalue weighted by atomic mass is 9.90. The van der Waals surface area contributed by atoms with E-state index in [0.717, 1.165) is 74.5 Å². The Balaban J connectivity index is 1.14. The Morgan fingerprint density at radius 3 is 0.954 bits per heavy atom. The molecular formula is C74H49F12N. The zero-order chi connectivity index (χ0) is 61.5. The molecule has 11 aromatic carbocycles. The number of rotatable bonds is 9. The maximum atomic E-state index is 14.5. The van der Waals surface area contributed by atoms with Gasteiger partial charge in [0.05, 0.1) is 39.0 Å². The minimum absolute atomic E-state index is 0.0193. The van der Waals surface area contributed by atoms with Crippen molar-refractivity contribution in [3.05, 3.63) is 269 Å². The van der Waals surface area contributed by atoms with E-state index in [4.69, 9.17) is 0 Å². The third-order valence-electron chi connectivity index (χ3n) is 15.7. The lowest BCUT2D eigenvalue weighted by molar-refractivity contribution is -0.143. The fourth-order valence-electron chi connectivity index (χ4n) is 11.9. The average molecular weight is 1180 g/mol. The lowest BCUT2D eigenvalue weighted by Crippen LogP contribution is -2.11. The number of para-hydroxylation sites is 1. The maximum absolute atomic E-state index is 14.5. The zero-order valence-electron chi connectivity index (χ0n) is 46.8. The number of fused-ring (bicyclic) bond motifs is 3. The Morgan fingerprint density at radius 1 is 0.230 bits per heavy atom. The molecule has 434 valence electrons. The molecule has 0 aliphatic carbocycles.